The molecule has 0 saturated carbocycles. The number of rotatable bonds is 2. The number of hydrogen-bond donors (Lipinski definition) is 0. The van der Waals surface area contributed by atoms with Crippen molar-refractivity contribution in [1.29, 1.82) is 0 Å². The van der Waals surface area contributed by atoms with Gasteiger partial charge >= 0.3 is 6.85 Å². The molecule has 0 N–H and O–H groups in total. The molecular weight excluding hydrogens is 713 g/mol. The molecule has 0 saturated heterocycles. The lowest BCUT2D eigenvalue weighted by molar-refractivity contribution is 0.590. The van der Waals surface area contributed by atoms with Gasteiger partial charge in [-0.2, -0.15) is 0 Å². The van der Waals surface area contributed by atoms with Crippen molar-refractivity contribution >= 4 is 73.0 Å². The quantitative estimate of drug-likeness (QED) is 0.160. The van der Waals surface area contributed by atoms with Crippen LogP contribution in [-0.4, -0.2) is 15.9 Å². The van der Waals surface area contributed by atoms with Crippen molar-refractivity contribution < 1.29 is 0 Å². The maximum absolute atomic E-state index is 2.76. The zero-order valence-corrected chi connectivity index (χ0v) is 35.3. The average Bonchev–Trinajstić information content (AvgIpc) is 3.82. The Kier molecular flexibility index (Phi) is 6.76. The summed E-state index contributed by atoms with van der Waals surface area (Å²) < 4.78 is 5.26. The van der Waals surface area contributed by atoms with E-state index < -0.39 is 0 Å². The average molecular weight is 762 g/mol. The lowest BCUT2D eigenvalue weighted by Crippen LogP contribution is -2.52. The molecule has 286 valence electrons. The van der Waals surface area contributed by atoms with E-state index in [2.05, 4.69) is 215 Å². The molecule has 0 radical (unpaired) electrons. The van der Waals surface area contributed by atoms with Crippen LogP contribution in [-0.2, 0) is 16.2 Å². The highest BCUT2D eigenvalue weighted by Gasteiger charge is 2.53. The minimum Gasteiger partial charge on any atom is -0.376 e. The molecule has 59 heavy (non-hydrogen) atoms. The third-order valence-corrected chi connectivity index (χ3v) is 14.0. The van der Waals surface area contributed by atoms with Crippen LogP contribution in [0.5, 0.6) is 0 Å². The van der Waals surface area contributed by atoms with E-state index in [0.717, 1.165) is 0 Å². The number of hydrogen-bond acceptors (Lipinski definition) is 1. The smallest absolute Gasteiger partial charge is 0.329 e. The Bertz CT molecular complexity index is 3310. The van der Waals surface area contributed by atoms with E-state index >= 15 is 0 Å². The number of aromatic nitrogens is 2. The van der Waals surface area contributed by atoms with Gasteiger partial charge in [-0.1, -0.05) is 152 Å². The molecule has 4 heterocycles. The highest BCUT2D eigenvalue weighted by atomic mass is 15.2. The van der Waals surface area contributed by atoms with Gasteiger partial charge in [-0.05, 0) is 92.5 Å². The van der Waals surface area contributed by atoms with E-state index in [1.165, 1.54) is 111 Å². The molecule has 12 rings (SSSR count). The first kappa shape index (κ1) is 34.8. The first-order chi connectivity index (χ1) is 28.3. The number of para-hydroxylation sites is 3. The lowest BCUT2D eigenvalue weighted by Gasteiger charge is -2.43. The molecule has 0 amide bonds. The second kappa shape index (κ2) is 11.5. The predicted octanol–water partition coefficient (Wildman–Crippen LogP) is 13.6. The van der Waals surface area contributed by atoms with Crippen molar-refractivity contribution in [3.05, 3.63) is 173 Å². The summed E-state index contributed by atoms with van der Waals surface area (Å²) in [6.45, 7) is 19.0. The highest BCUT2D eigenvalue weighted by Crippen LogP contribution is 2.58. The van der Waals surface area contributed by atoms with Crippen LogP contribution in [0.15, 0.2) is 151 Å². The van der Waals surface area contributed by atoms with Crippen molar-refractivity contribution in [2.45, 2.75) is 71.6 Å². The third-order valence-electron chi connectivity index (χ3n) is 14.0. The van der Waals surface area contributed by atoms with Gasteiger partial charge in [0.2, 0.25) is 0 Å². The molecule has 2 aromatic heterocycles. The fourth-order valence-corrected chi connectivity index (χ4v) is 11.2. The zero-order valence-electron chi connectivity index (χ0n) is 35.3. The third kappa shape index (κ3) is 4.50. The maximum Gasteiger partial charge on any atom is 0.329 e. The van der Waals surface area contributed by atoms with Crippen LogP contribution >= 0.6 is 0 Å². The van der Waals surface area contributed by atoms with E-state index in [-0.39, 0.29) is 23.1 Å². The number of anilines is 2. The van der Waals surface area contributed by atoms with Gasteiger partial charge in [0.25, 0.3) is 0 Å². The molecule has 7 aromatic carbocycles. The van der Waals surface area contributed by atoms with Gasteiger partial charge in [0.1, 0.15) is 0 Å². The molecule has 9 aromatic rings. The van der Waals surface area contributed by atoms with Crippen LogP contribution in [0.2, 0.25) is 0 Å². The van der Waals surface area contributed by atoms with Gasteiger partial charge < -0.3 is 13.9 Å². The molecule has 3 nitrogen and oxygen atoms in total. The second-order valence-corrected chi connectivity index (χ2v) is 19.8. The maximum atomic E-state index is 2.76. The van der Waals surface area contributed by atoms with Crippen LogP contribution in [0.3, 0.4) is 0 Å². The van der Waals surface area contributed by atoms with Crippen LogP contribution in [0, 0.1) is 0 Å². The Balaban J connectivity index is 1.30. The van der Waals surface area contributed by atoms with Gasteiger partial charge in [0, 0.05) is 71.9 Å². The molecule has 0 bridgehead atoms. The SMILES string of the molecule is CC(C)(C)c1ccc(N2C3=C(B4c5c(cc(C(C)(C)C)cc52)-c2cc5c(c6ccccc6n5-c5ccccc5)c5c6ccccc6n4c25)C(C)(C)c2ccccc23)cc1. The standard InChI is InChI=1S/C55H48BN3/c1-53(2,3)33-26-28-36(29-27-33)58-46-31-34(54(4,5)6)30-40-41-32-45-47(38-21-13-16-24-43(38)57(45)35-18-10-9-11-19-35)48-39-22-14-17-25-44(39)59(50(41)48)56(49(40)46)52-51(58)37-20-12-15-23-42(37)55(52,7)8/h9-32H,1-8H3. The largest absolute Gasteiger partial charge is 0.376 e. The van der Waals surface area contributed by atoms with Gasteiger partial charge in [0.05, 0.1) is 11.0 Å². The Morgan fingerprint density at radius 3 is 1.85 bits per heavy atom. The minimum absolute atomic E-state index is 0.00802. The molecule has 1 aliphatic carbocycles. The first-order valence-corrected chi connectivity index (χ1v) is 21.3. The molecule has 0 fully saturated rings. The summed E-state index contributed by atoms with van der Waals surface area (Å²) in [6, 6.07) is 55.5. The first-order valence-electron chi connectivity index (χ1n) is 21.3. The predicted molar refractivity (Wildman–Crippen MR) is 252 cm³/mol. The molecular formula is C55H48BN3. The zero-order chi connectivity index (χ0) is 40.3. The number of benzene rings is 7. The van der Waals surface area contributed by atoms with Crippen molar-refractivity contribution in [3.63, 3.8) is 0 Å². The Morgan fingerprint density at radius 1 is 0.508 bits per heavy atom. The minimum atomic E-state index is -0.236. The summed E-state index contributed by atoms with van der Waals surface area (Å²) in [5.41, 5.74) is 20.8. The van der Waals surface area contributed by atoms with Crippen LogP contribution in [0.4, 0.5) is 11.4 Å². The topological polar surface area (TPSA) is 13.1 Å². The highest BCUT2D eigenvalue weighted by molar-refractivity contribution is 6.86. The fraction of sp³-hybridized carbons (Fsp3) is 0.200. The fourth-order valence-electron chi connectivity index (χ4n) is 11.2. The van der Waals surface area contributed by atoms with Gasteiger partial charge in [0.15, 0.2) is 0 Å². The van der Waals surface area contributed by atoms with Gasteiger partial charge in [-0.3, -0.25) is 0 Å². The van der Waals surface area contributed by atoms with Crippen molar-refractivity contribution in [2.24, 2.45) is 0 Å². The van der Waals surface area contributed by atoms with Crippen LogP contribution < -0.4 is 10.4 Å². The number of nitrogens with zero attached hydrogens (tertiary/aromatic N) is 3. The van der Waals surface area contributed by atoms with Crippen molar-refractivity contribution in [2.75, 3.05) is 4.90 Å². The Hall–Kier alpha value is -6.26. The summed E-state index contributed by atoms with van der Waals surface area (Å²) in [6.07, 6.45) is 0. The van der Waals surface area contributed by atoms with E-state index in [0.29, 0.717) is 0 Å². The summed E-state index contributed by atoms with van der Waals surface area (Å²) in [5.74, 6) is 0. The molecule has 0 spiro atoms. The molecule has 0 unspecified atom stereocenters. The van der Waals surface area contributed by atoms with Crippen LogP contribution in [0.1, 0.15) is 77.6 Å². The van der Waals surface area contributed by atoms with Crippen molar-refractivity contribution in [1.82, 2.24) is 9.05 Å². The Morgan fingerprint density at radius 2 is 1.14 bits per heavy atom. The molecule has 4 heteroatoms. The van der Waals surface area contributed by atoms with Gasteiger partial charge in [-0.15, -0.1) is 0 Å². The lowest BCUT2D eigenvalue weighted by atomic mass is 9.40. The van der Waals surface area contributed by atoms with E-state index in [4.69, 9.17) is 0 Å². The molecule has 0 atom stereocenters. The van der Waals surface area contributed by atoms with Crippen LogP contribution in [0.25, 0.3) is 66.1 Å². The normalized spacial score (nSPS) is 15.5. The summed E-state index contributed by atoms with van der Waals surface area (Å²) >= 11 is 0. The van der Waals surface area contributed by atoms with E-state index in [1.54, 1.807) is 0 Å². The summed E-state index contributed by atoms with van der Waals surface area (Å²) in [5, 5.41) is 5.28. The number of fused-ring (bicyclic) bond motifs is 12. The Labute approximate surface area is 347 Å². The van der Waals surface area contributed by atoms with E-state index in [9.17, 15) is 0 Å². The van der Waals surface area contributed by atoms with Crippen molar-refractivity contribution in [3.8, 4) is 16.8 Å². The second-order valence-electron chi connectivity index (χ2n) is 19.8. The summed E-state index contributed by atoms with van der Waals surface area (Å²) in [4.78, 5) is 2.65. The molecule has 2 aliphatic heterocycles. The number of allylic oxidation sites excluding steroid dienone is 1. The monoisotopic (exact) mass is 761 g/mol. The molecule has 3 aliphatic rings. The summed E-state index contributed by atoms with van der Waals surface area (Å²) in [7, 11) is 0. The van der Waals surface area contributed by atoms with Gasteiger partial charge in [-0.25, -0.2) is 0 Å². The van der Waals surface area contributed by atoms with E-state index in [1.807, 2.05) is 0 Å².